The second-order valence-corrected chi connectivity index (χ2v) is 9.66. The summed E-state index contributed by atoms with van der Waals surface area (Å²) in [7, 11) is 1.68. The molecule has 2 amide bonds. The lowest BCUT2D eigenvalue weighted by Crippen LogP contribution is -2.39. The average Bonchev–Trinajstić information content (AvgIpc) is 3.44. The van der Waals surface area contributed by atoms with Gasteiger partial charge in [-0.25, -0.2) is 9.78 Å². The van der Waals surface area contributed by atoms with Crippen molar-refractivity contribution in [3.8, 4) is 5.75 Å². The summed E-state index contributed by atoms with van der Waals surface area (Å²) in [5.41, 5.74) is 2.26. The summed E-state index contributed by atoms with van der Waals surface area (Å²) in [6.07, 6.45) is 4.71. The summed E-state index contributed by atoms with van der Waals surface area (Å²) in [5.74, 6) is 1.82. The highest BCUT2D eigenvalue weighted by Crippen LogP contribution is 2.54. The maximum atomic E-state index is 12.2. The van der Waals surface area contributed by atoms with E-state index in [0.29, 0.717) is 0 Å². The Kier molecular flexibility index (Phi) is 5.06. The largest absolute Gasteiger partial charge is 0.497 e. The Balaban J connectivity index is 1.46. The lowest BCUT2D eigenvalue weighted by atomic mass is 9.81. The zero-order valence-electron chi connectivity index (χ0n) is 16.8. The standard InChI is InChI=1S/C22H24BrClN4O2/c1-30-16-4-2-14(3-5-16)12-27-13-22(18-19(24)17(23)11-26-20(18)27)7-6-15(10-22)28-9-8-25-21(28)29/h2-5,11,15H,6-10,12-13H2,1H3,(H,25,29). The van der Waals surface area contributed by atoms with E-state index in [1.54, 1.807) is 13.3 Å². The van der Waals surface area contributed by atoms with Gasteiger partial charge in [0.1, 0.15) is 11.6 Å². The van der Waals surface area contributed by atoms with Crippen LogP contribution in [-0.4, -0.2) is 48.7 Å². The number of urea groups is 1. The number of hydrogen-bond donors (Lipinski definition) is 1. The Morgan fingerprint density at radius 2 is 2.17 bits per heavy atom. The summed E-state index contributed by atoms with van der Waals surface area (Å²) in [6.45, 7) is 3.14. The fraction of sp³-hybridized carbons (Fsp3) is 0.455. The Bertz CT molecular complexity index is 986. The maximum absolute atomic E-state index is 12.2. The van der Waals surface area contributed by atoms with Crippen LogP contribution in [0, 0.1) is 0 Å². The van der Waals surface area contributed by atoms with Crippen LogP contribution in [0.15, 0.2) is 34.9 Å². The molecule has 2 atom stereocenters. The van der Waals surface area contributed by atoms with Crippen molar-refractivity contribution >= 4 is 39.4 Å². The summed E-state index contributed by atoms with van der Waals surface area (Å²) in [5, 5.41) is 3.69. The van der Waals surface area contributed by atoms with Crippen LogP contribution in [0.5, 0.6) is 5.75 Å². The number of ether oxygens (including phenoxy) is 1. The first-order valence-corrected chi connectivity index (χ1v) is 11.4. The van der Waals surface area contributed by atoms with E-state index in [2.05, 4.69) is 38.3 Å². The third-order valence-electron chi connectivity index (χ3n) is 6.72. The van der Waals surface area contributed by atoms with Gasteiger partial charge in [0, 0.05) is 49.4 Å². The van der Waals surface area contributed by atoms with Gasteiger partial charge in [-0.1, -0.05) is 23.7 Å². The predicted octanol–water partition coefficient (Wildman–Crippen LogP) is 4.34. The topological polar surface area (TPSA) is 57.7 Å². The van der Waals surface area contributed by atoms with E-state index in [4.69, 9.17) is 21.3 Å². The minimum absolute atomic E-state index is 0.0591. The Morgan fingerprint density at radius 3 is 2.87 bits per heavy atom. The van der Waals surface area contributed by atoms with E-state index in [9.17, 15) is 4.79 Å². The van der Waals surface area contributed by atoms with Crippen molar-refractivity contribution in [2.75, 3.05) is 31.6 Å². The minimum atomic E-state index is -0.0802. The van der Waals surface area contributed by atoms with Crippen LogP contribution in [0.4, 0.5) is 10.6 Å². The van der Waals surface area contributed by atoms with E-state index < -0.39 is 0 Å². The Hall–Kier alpha value is -1.99. The van der Waals surface area contributed by atoms with Gasteiger partial charge >= 0.3 is 6.03 Å². The van der Waals surface area contributed by atoms with Crippen LogP contribution in [0.3, 0.4) is 0 Å². The van der Waals surface area contributed by atoms with Gasteiger partial charge in [0.25, 0.3) is 0 Å². The number of fused-ring (bicyclic) bond motifs is 2. The van der Waals surface area contributed by atoms with E-state index in [1.807, 2.05) is 17.0 Å². The molecule has 5 rings (SSSR count). The SMILES string of the molecule is COc1ccc(CN2CC3(CCC(N4CCNC4=O)C3)c3c2ncc(Br)c3Cl)cc1. The number of rotatable bonds is 4. The number of pyridine rings is 1. The van der Waals surface area contributed by atoms with Gasteiger partial charge in [-0.15, -0.1) is 0 Å². The van der Waals surface area contributed by atoms with Gasteiger partial charge in [0.05, 0.1) is 16.6 Å². The summed E-state index contributed by atoms with van der Waals surface area (Å²) >= 11 is 10.4. The summed E-state index contributed by atoms with van der Waals surface area (Å²) in [4.78, 5) is 21.3. The third kappa shape index (κ3) is 3.23. The highest BCUT2D eigenvalue weighted by Gasteiger charge is 2.51. The number of hydrogen-bond acceptors (Lipinski definition) is 4. The van der Waals surface area contributed by atoms with E-state index in [1.165, 1.54) is 5.56 Å². The second kappa shape index (κ2) is 7.61. The molecule has 6 nitrogen and oxygen atoms in total. The van der Waals surface area contributed by atoms with Crippen LogP contribution in [0.1, 0.15) is 30.4 Å². The molecular formula is C22H24BrClN4O2. The molecule has 3 aliphatic rings. The molecule has 1 spiro atoms. The number of amides is 2. The molecule has 2 unspecified atom stereocenters. The number of nitrogens with one attached hydrogen (secondary N) is 1. The molecular weight excluding hydrogens is 468 g/mol. The minimum Gasteiger partial charge on any atom is -0.497 e. The van der Waals surface area contributed by atoms with Gasteiger partial charge < -0.3 is 19.9 Å². The zero-order valence-corrected chi connectivity index (χ0v) is 19.2. The van der Waals surface area contributed by atoms with E-state index in [-0.39, 0.29) is 17.5 Å². The first kappa shape index (κ1) is 19.9. The molecule has 2 aromatic rings. The molecule has 1 N–H and O–H groups in total. The molecule has 1 aliphatic carbocycles. The molecule has 1 aromatic heterocycles. The van der Waals surface area contributed by atoms with Crippen molar-refractivity contribution in [3.63, 3.8) is 0 Å². The van der Waals surface area contributed by atoms with Gasteiger partial charge in [-0.2, -0.15) is 0 Å². The lowest BCUT2D eigenvalue weighted by Gasteiger charge is -2.28. The number of methoxy groups -OCH3 is 1. The number of aromatic nitrogens is 1. The fourth-order valence-corrected chi connectivity index (χ4v) is 5.97. The molecule has 0 radical (unpaired) electrons. The summed E-state index contributed by atoms with van der Waals surface area (Å²) < 4.78 is 6.11. The van der Waals surface area contributed by atoms with Crippen LogP contribution in [0.25, 0.3) is 0 Å². The van der Waals surface area contributed by atoms with Gasteiger partial charge in [0.15, 0.2) is 0 Å². The monoisotopic (exact) mass is 490 g/mol. The first-order chi connectivity index (χ1) is 14.5. The molecule has 8 heteroatoms. The maximum Gasteiger partial charge on any atom is 0.317 e. The molecule has 2 fully saturated rings. The molecule has 1 saturated carbocycles. The van der Waals surface area contributed by atoms with Crippen molar-refractivity contribution in [2.45, 2.75) is 37.3 Å². The molecule has 0 bridgehead atoms. The number of benzene rings is 1. The Labute approximate surface area is 189 Å². The van der Waals surface area contributed by atoms with Crippen molar-refractivity contribution in [2.24, 2.45) is 0 Å². The number of carbonyl (C=O) groups is 1. The van der Waals surface area contributed by atoms with E-state index >= 15 is 0 Å². The molecule has 2 aliphatic heterocycles. The normalized spacial score (nSPS) is 25.2. The van der Waals surface area contributed by atoms with Gasteiger partial charge in [-0.3, -0.25) is 0 Å². The fourth-order valence-electron chi connectivity index (χ4n) is 5.34. The number of anilines is 1. The molecule has 30 heavy (non-hydrogen) atoms. The van der Waals surface area contributed by atoms with Gasteiger partial charge in [-0.05, 0) is 52.9 Å². The number of halogens is 2. The smallest absolute Gasteiger partial charge is 0.317 e. The van der Waals surface area contributed by atoms with Gasteiger partial charge in [0.2, 0.25) is 0 Å². The van der Waals surface area contributed by atoms with Crippen molar-refractivity contribution < 1.29 is 9.53 Å². The summed E-state index contributed by atoms with van der Waals surface area (Å²) in [6, 6.07) is 8.47. The quantitative estimate of drug-likeness (QED) is 0.691. The average molecular weight is 492 g/mol. The number of carbonyl (C=O) groups excluding carboxylic acids is 1. The van der Waals surface area contributed by atoms with Crippen LogP contribution in [-0.2, 0) is 12.0 Å². The van der Waals surface area contributed by atoms with Crippen molar-refractivity contribution in [1.82, 2.24) is 15.2 Å². The zero-order chi connectivity index (χ0) is 20.9. The van der Waals surface area contributed by atoms with Crippen molar-refractivity contribution in [3.05, 3.63) is 51.1 Å². The highest BCUT2D eigenvalue weighted by atomic mass is 79.9. The lowest BCUT2D eigenvalue weighted by molar-refractivity contribution is 0.196. The van der Waals surface area contributed by atoms with Crippen molar-refractivity contribution in [1.29, 1.82) is 0 Å². The molecule has 158 valence electrons. The second-order valence-electron chi connectivity index (χ2n) is 8.43. The molecule has 1 aromatic carbocycles. The highest BCUT2D eigenvalue weighted by molar-refractivity contribution is 9.10. The third-order valence-corrected chi connectivity index (χ3v) is 7.94. The molecule has 3 heterocycles. The number of nitrogens with zero attached hydrogens (tertiary/aromatic N) is 3. The first-order valence-electron chi connectivity index (χ1n) is 10.3. The van der Waals surface area contributed by atoms with Crippen LogP contribution >= 0.6 is 27.5 Å². The predicted molar refractivity (Wildman–Crippen MR) is 120 cm³/mol. The van der Waals surface area contributed by atoms with E-state index in [0.717, 1.165) is 72.1 Å². The molecule has 1 saturated heterocycles. The van der Waals surface area contributed by atoms with Crippen LogP contribution < -0.4 is 15.0 Å². The van der Waals surface area contributed by atoms with Crippen LogP contribution in [0.2, 0.25) is 5.02 Å². The Morgan fingerprint density at radius 1 is 1.37 bits per heavy atom.